The molecule has 0 aliphatic rings. The summed E-state index contributed by atoms with van der Waals surface area (Å²) in [5.74, 6) is -0.285. The fourth-order valence-corrected chi connectivity index (χ4v) is 3.23. The number of carbonyl (C=O) groups is 1. The Balaban J connectivity index is 3.01. The molecule has 124 valence electrons. The molecule has 0 radical (unpaired) electrons. The van der Waals surface area contributed by atoms with Gasteiger partial charge in [-0.1, -0.05) is 25.5 Å². The van der Waals surface area contributed by atoms with Crippen molar-refractivity contribution in [2.75, 3.05) is 17.1 Å². The number of benzene rings is 1. The van der Waals surface area contributed by atoms with E-state index in [1.807, 2.05) is 39.8 Å². The predicted molar refractivity (Wildman–Crippen MR) is 90.6 cm³/mol. The number of anilines is 1. The average Bonchev–Trinajstić information content (AvgIpc) is 2.38. The summed E-state index contributed by atoms with van der Waals surface area (Å²) in [5, 5.41) is 2.84. The number of hydrogen-bond donors (Lipinski definition) is 1. The van der Waals surface area contributed by atoms with Crippen molar-refractivity contribution in [1.82, 2.24) is 5.32 Å². The summed E-state index contributed by atoms with van der Waals surface area (Å²) in [4.78, 5) is 12.1. The maximum absolute atomic E-state index is 12.1. The molecular weight excluding hydrogens is 300 g/mol. The van der Waals surface area contributed by atoms with Crippen molar-refractivity contribution in [2.24, 2.45) is 0 Å². The number of rotatable bonds is 7. The Bertz CT molecular complexity index is 626. The van der Waals surface area contributed by atoms with Crippen molar-refractivity contribution in [3.05, 3.63) is 29.3 Å². The number of nitrogens with zero attached hydrogens (tertiary/aromatic N) is 1. The Labute approximate surface area is 133 Å². The van der Waals surface area contributed by atoms with Crippen molar-refractivity contribution in [3.8, 4) is 0 Å². The number of aryl methyl sites for hydroxylation is 2. The zero-order valence-corrected chi connectivity index (χ0v) is 14.8. The molecular formula is C16H26N2O3S. The largest absolute Gasteiger partial charge is 0.352 e. The molecule has 5 nitrogen and oxygen atoms in total. The third-order valence-corrected chi connectivity index (χ3v) is 4.58. The molecule has 1 aromatic carbocycles. The molecule has 1 aromatic rings. The summed E-state index contributed by atoms with van der Waals surface area (Å²) >= 11 is 0. The second kappa shape index (κ2) is 7.63. The van der Waals surface area contributed by atoms with E-state index in [0.717, 1.165) is 30.2 Å². The van der Waals surface area contributed by atoms with Gasteiger partial charge in [-0.3, -0.25) is 9.10 Å². The zero-order valence-electron chi connectivity index (χ0n) is 14.0. The minimum Gasteiger partial charge on any atom is -0.352 e. The lowest BCUT2D eigenvalue weighted by molar-refractivity contribution is -0.120. The summed E-state index contributed by atoms with van der Waals surface area (Å²) in [6.45, 7) is 7.50. The molecule has 0 saturated heterocycles. The van der Waals surface area contributed by atoms with Gasteiger partial charge in [-0.15, -0.1) is 0 Å². The topological polar surface area (TPSA) is 66.5 Å². The highest BCUT2D eigenvalue weighted by atomic mass is 32.2. The monoisotopic (exact) mass is 326 g/mol. The van der Waals surface area contributed by atoms with Crippen molar-refractivity contribution < 1.29 is 13.2 Å². The van der Waals surface area contributed by atoms with Gasteiger partial charge >= 0.3 is 0 Å². The maximum atomic E-state index is 12.1. The minimum absolute atomic E-state index is 0.0394. The summed E-state index contributed by atoms with van der Waals surface area (Å²) in [5.41, 5.74) is 2.33. The third kappa shape index (κ3) is 5.33. The van der Waals surface area contributed by atoms with Crippen LogP contribution in [0.25, 0.3) is 0 Å². The van der Waals surface area contributed by atoms with Crippen LogP contribution in [0.1, 0.15) is 37.8 Å². The van der Waals surface area contributed by atoms with E-state index in [1.165, 1.54) is 4.31 Å². The Morgan fingerprint density at radius 1 is 1.32 bits per heavy atom. The van der Waals surface area contributed by atoms with Crippen LogP contribution in [0.4, 0.5) is 5.69 Å². The molecule has 1 N–H and O–H groups in total. The highest BCUT2D eigenvalue weighted by Crippen LogP contribution is 2.23. The van der Waals surface area contributed by atoms with Crippen LogP contribution in [0, 0.1) is 13.8 Å². The van der Waals surface area contributed by atoms with Gasteiger partial charge in [-0.05, 0) is 44.4 Å². The molecule has 0 aliphatic carbocycles. The summed E-state index contributed by atoms with van der Waals surface area (Å²) in [7, 11) is -3.53. The van der Waals surface area contributed by atoms with E-state index in [2.05, 4.69) is 5.32 Å². The normalized spacial score (nSPS) is 12.8. The first-order valence-electron chi connectivity index (χ1n) is 7.49. The van der Waals surface area contributed by atoms with Crippen molar-refractivity contribution >= 4 is 21.6 Å². The molecule has 6 heteroatoms. The zero-order chi connectivity index (χ0) is 16.9. The first-order chi connectivity index (χ1) is 10.1. The number of nitrogens with one attached hydrogen (secondary N) is 1. The lowest BCUT2D eigenvalue weighted by Crippen LogP contribution is -2.43. The van der Waals surface area contributed by atoms with Crippen LogP contribution in [0.15, 0.2) is 18.2 Å². The van der Waals surface area contributed by atoms with Crippen LogP contribution in [0.3, 0.4) is 0 Å². The standard InChI is InChI=1S/C16H26N2O3S/c1-6-7-14(4)17-16(19)11-18(22(5,20)21)15-10-12(2)8-9-13(15)3/h8-10,14H,6-7,11H2,1-5H3,(H,17,19)/t14-/m1/s1. The maximum Gasteiger partial charge on any atom is 0.240 e. The highest BCUT2D eigenvalue weighted by Gasteiger charge is 2.23. The molecule has 0 unspecified atom stereocenters. The van der Waals surface area contributed by atoms with E-state index < -0.39 is 10.0 Å². The smallest absolute Gasteiger partial charge is 0.240 e. The van der Waals surface area contributed by atoms with Crippen LogP contribution >= 0.6 is 0 Å². The number of amides is 1. The minimum atomic E-state index is -3.53. The Kier molecular flexibility index (Phi) is 6.41. The third-order valence-electron chi connectivity index (χ3n) is 3.45. The molecule has 0 bridgehead atoms. The molecule has 0 saturated carbocycles. The number of hydrogen-bond acceptors (Lipinski definition) is 3. The first kappa shape index (κ1) is 18.5. The summed E-state index contributed by atoms with van der Waals surface area (Å²) in [6.07, 6.45) is 2.96. The van der Waals surface area contributed by atoms with Crippen molar-refractivity contribution in [3.63, 3.8) is 0 Å². The van der Waals surface area contributed by atoms with Crippen molar-refractivity contribution in [2.45, 2.75) is 46.6 Å². The summed E-state index contributed by atoms with van der Waals surface area (Å²) in [6, 6.07) is 5.61. The molecule has 22 heavy (non-hydrogen) atoms. The van der Waals surface area contributed by atoms with E-state index in [-0.39, 0.29) is 18.5 Å². The van der Waals surface area contributed by atoms with Gasteiger partial charge in [-0.2, -0.15) is 0 Å². The fourth-order valence-electron chi connectivity index (χ4n) is 2.33. The van der Waals surface area contributed by atoms with Gasteiger partial charge in [0.05, 0.1) is 11.9 Å². The van der Waals surface area contributed by atoms with Crippen LogP contribution in [0.2, 0.25) is 0 Å². The van der Waals surface area contributed by atoms with Gasteiger partial charge < -0.3 is 5.32 Å². The molecule has 1 amide bonds. The average molecular weight is 326 g/mol. The Hall–Kier alpha value is -1.56. The van der Waals surface area contributed by atoms with Gasteiger partial charge in [0.25, 0.3) is 0 Å². The van der Waals surface area contributed by atoms with E-state index in [4.69, 9.17) is 0 Å². The van der Waals surface area contributed by atoms with Crippen LogP contribution in [-0.4, -0.2) is 33.2 Å². The molecule has 0 aromatic heterocycles. The first-order valence-corrected chi connectivity index (χ1v) is 9.34. The fraction of sp³-hybridized carbons (Fsp3) is 0.562. The molecule has 0 aliphatic heterocycles. The van der Waals surface area contributed by atoms with E-state index in [1.54, 1.807) is 6.07 Å². The second-order valence-electron chi connectivity index (χ2n) is 5.82. The van der Waals surface area contributed by atoms with Crippen molar-refractivity contribution in [1.29, 1.82) is 0 Å². The van der Waals surface area contributed by atoms with E-state index >= 15 is 0 Å². The molecule has 1 atom stereocenters. The van der Waals surface area contributed by atoms with Gasteiger partial charge in [-0.25, -0.2) is 8.42 Å². The molecule has 0 fully saturated rings. The summed E-state index contributed by atoms with van der Waals surface area (Å²) < 4.78 is 25.3. The SMILES string of the molecule is CCC[C@@H](C)NC(=O)CN(c1cc(C)ccc1C)S(C)(=O)=O. The molecule has 0 spiro atoms. The van der Waals surface area contributed by atoms with Crippen LogP contribution in [-0.2, 0) is 14.8 Å². The second-order valence-corrected chi connectivity index (χ2v) is 7.72. The van der Waals surface area contributed by atoms with Gasteiger partial charge in [0.1, 0.15) is 6.54 Å². The van der Waals surface area contributed by atoms with Gasteiger partial charge in [0.15, 0.2) is 0 Å². The van der Waals surface area contributed by atoms with Crippen LogP contribution in [0.5, 0.6) is 0 Å². The van der Waals surface area contributed by atoms with E-state index in [9.17, 15) is 13.2 Å². The lowest BCUT2D eigenvalue weighted by Gasteiger charge is -2.25. The van der Waals surface area contributed by atoms with Crippen LogP contribution < -0.4 is 9.62 Å². The Morgan fingerprint density at radius 2 is 1.95 bits per heavy atom. The number of sulfonamides is 1. The van der Waals surface area contributed by atoms with Gasteiger partial charge in [0.2, 0.25) is 15.9 Å². The molecule has 1 rings (SSSR count). The number of carbonyl (C=O) groups excluding carboxylic acids is 1. The Morgan fingerprint density at radius 3 is 2.50 bits per heavy atom. The highest BCUT2D eigenvalue weighted by molar-refractivity contribution is 7.92. The van der Waals surface area contributed by atoms with E-state index in [0.29, 0.717) is 5.69 Å². The quantitative estimate of drug-likeness (QED) is 0.836. The predicted octanol–water partition coefficient (Wildman–Crippen LogP) is 2.37. The lowest BCUT2D eigenvalue weighted by atomic mass is 10.1. The molecule has 0 heterocycles. The van der Waals surface area contributed by atoms with Gasteiger partial charge in [0, 0.05) is 6.04 Å².